The molecule has 0 heterocycles. The van der Waals surface area contributed by atoms with Crippen LogP contribution in [0.5, 0.6) is 17.2 Å². The summed E-state index contributed by atoms with van der Waals surface area (Å²) in [5, 5.41) is 3.39. The Balaban J connectivity index is 1.89. The first kappa shape index (κ1) is 12.8. The van der Waals surface area contributed by atoms with Crippen molar-refractivity contribution in [3.8, 4) is 17.2 Å². The topological polar surface area (TPSA) is 67.2 Å². The van der Waals surface area contributed by atoms with Crippen molar-refractivity contribution in [2.45, 2.75) is 0 Å². The second-order valence-corrected chi connectivity index (χ2v) is 3.69. The molecule has 0 radical (unpaired) electrons. The average molecular weight is 255 g/mol. The van der Waals surface area contributed by atoms with Crippen molar-refractivity contribution in [2.24, 2.45) is 5.11 Å². The van der Waals surface area contributed by atoms with Crippen LogP contribution in [0.3, 0.4) is 0 Å². The maximum atomic E-state index is 8.13. The van der Waals surface area contributed by atoms with Crippen molar-refractivity contribution in [3.05, 3.63) is 65.0 Å². The molecule has 2 rings (SSSR count). The zero-order valence-corrected chi connectivity index (χ0v) is 10.3. The molecule has 5 heteroatoms. The number of para-hydroxylation sites is 1. The molecule has 0 fully saturated rings. The van der Waals surface area contributed by atoms with Crippen molar-refractivity contribution < 1.29 is 9.47 Å². The number of hydrogen-bond donors (Lipinski definition) is 0. The van der Waals surface area contributed by atoms with Crippen molar-refractivity contribution in [1.82, 2.24) is 0 Å². The Morgan fingerprint density at radius 1 is 0.895 bits per heavy atom. The van der Waals surface area contributed by atoms with Crippen LogP contribution in [-0.2, 0) is 0 Å². The standard InChI is InChI=1S/C14H13N3O2/c15-17-16-10-11-18-12-6-8-14(9-7-12)19-13-4-2-1-3-5-13/h1-9H,10-11H2. The largest absolute Gasteiger partial charge is 0.493 e. The van der Waals surface area contributed by atoms with Gasteiger partial charge in [-0.2, -0.15) is 0 Å². The molecule has 96 valence electrons. The van der Waals surface area contributed by atoms with Gasteiger partial charge in [-0.15, -0.1) is 0 Å². The third-order valence-corrected chi connectivity index (χ3v) is 2.33. The normalized spacial score (nSPS) is 9.47. The Morgan fingerprint density at radius 2 is 1.53 bits per heavy atom. The molecule has 5 nitrogen and oxygen atoms in total. The number of hydrogen-bond acceptors (Lipinski definition) is 3. The monoisotopic (exact) mass is 255 g/mol. The highest BCUT2D eigenvalue weighted by Crippen LogP contribution is 2.23. The molecule has 0 bridgehead atoms. The molecule has 0 saturated heterocycles. The van der Waals surface area contributed by atoms with E-state index >= 15 is 0 Å². The van der Waals surface area contributed by atoms with E-state index in [1.54, 1.807) is 0 Å². The quantitative estimate of drug-likeness (QED) is 0.336. The van der Waals surface area contributed by atoms with E-state index in [0.717, 1.165) is 11.5 Å². The fourth-order valence-corrected chi connectivity index (χ4v) is 1.48. The Kier molecular flexibility index (Phi) is 4.67. The number of rotatable bonds is 6. The Labute approximate surface area is 111 Å². The summed E-state index contributed by atoms with van der Waals surface area (Å²) in [5.41, 5.74) is 8.13. The molecule has 0 spiro atoms. The van der Waals surface area contributed by atoms with E-state index in [1.807, 2.05) is 54.6 Å². The molecule has 0 aromatic heterocycles. The van der Waals surface area contributed by atoms with Crippen LogP contribution in [0.4, 0.5) is 0 Å². The minimum absolute atomic E-state index is 0.318. The molecule has 0 N–H and O–H groups in total. The van der Waals surface area contributed by atoms with Gasteiger partial charge in [0.05, 0.1) is 13.2 Å². The third kappa shape index (κ3) is 4.26. The minimum atomic E-state index is 0.318. The van der Waals surface area contributed by atoms with Gasteiger partial charge in [0, 0.05) is 4.91 Å². The number of ether oxygens (including phenoxy) is 2. The average Bonchev–Trinajstić information content (AvgIpc) is 2.46. The molecular formula is C14H13N3O2. The molecule has 0 amide bonds. The number of azide groups is 1. The summed E-state index contributed by atoms with van der Waals surface area (Å²) >= 11 is 0. The summed E-state index contributed by atoms with van der Waals surface area (Å²) < 4.78 is 11.0. The summed E-state index contributed by atoms with van der Waals surface area (Å²) in [6.45, 7) is 0.682. The fraction of sp³-hybridized carbons (Fsp3) is 0.143. The maximum Gasteiger partial charge on any atom is 0.127 e. The minimum Gasteiger partial charge on any atom is -0.493 e. The fourth-order valence-electron chi connectivity index (χ4n) is 1.48. The first-order chi connectivity index (χ1) is 9.38. The third-order valence-electron chi connectivity index (χ3n) is 2.33. The lowest BCUT2D eigenvalue weighted by Crippen LogP contribution is -1.99. The van der Waals surface area contributed by atoms with Crippen LogP contribution < -0.4 is 9.47 Å². The maximum absolute atomic E-state index is 8.13. The first-order valence-electron chi connectivity index (χ1n) is 5.85. The second kappa shape index (κ2) is 6.93. The molecular weight excluding hydrogens is 242 g/mol. The van der Waals surface area contributed by atoms with E-state index in [4.69, 9.17) is 15.0 Å². The predicted octanol–water partition coefficient (Wildman–Crippen LogP) is 4.17. The Hall–Kier alpha value is -2.65. The molecule has 0 saturated carbocycles. The van der Waals surface area contributed by atoms with Gasteiger partial charge in [0.2, 0.25) is 0 Å². The van der Waals surface area contributed by atoms with Gasteiger partial charge >= 0.3 is 0 Å². The molecule has 0 aliphatic heterocycles. The molecule has 2 aromatic rings. The van der Waals surface area contributed by atoms with Gasteiger partial charge < -0.3 is 9.47 Å². The van der Waals surface area contributed by atoms with E-state index in [0.29, 0.717) is 18.9 Å². The highest BCUT2D eigenvalue weighted by Gasteiger charge is 1.97. The highest BCUT2D eigenvalue weighted by atomic mass is 16.5. The van der Waals surface area contributed by atoms with Crippen LogP contribution in [0, 0.1) is 0 Å². The lowest BCUT2D eigenvalue weighted by Gasteiger charge is -2.07. The summed E-state index contributed by atoms with van der Waals surface area (Å²) in [5.74, 6) is 2.25. The van der Waals surface area contributed by atoms with Gasteiger partial charge in [-0.25, -0.2) is 0 Å². The lowest BCUT2D eigenvalue weighted by molar-refractivity contribution is 0.327. The second-order valence-electron chi connectivity index (χ2n) is 3.69. The zero-order chi connectivity index (χ0) is 13.3. The number of benzene rings is 2. The van der Waals surface area contributed by atoms with Crippen molar-refractivity contribution in [3.63, 3.8) is 0 Å². The van der Waals surface area contributed by atoms with Crippen LogP contribution in [0.15, 0.2) is 59.7 Å². The van der Waals surface area contributed by atoms with Crippen molar-refractivity contribution in [1.29, 1.82) is 0 Å². The van der Waals surface area contributed by atoms with Gasteiger partial charge in [-0.05, 0) is 41.9 Å². The smallest absolute Gasteiger partial charge is 0.127 e. The number of nitrogens with zero attached hydrogens (tertiary/aromatic N) is 3. The Morgan fingerprint density at radius 3 is 2.21 bits per heavy atom. The van der Waals surface area contributed by atoms with Gasteiger partial charge in [0.15, 0.2) is 0 Å². The van der Waals surface area contributed by atoms with Gasteiger partial charge in [-0.1, -0.05) is 23.3 Å². The lowest BCUT2D eigenvalue weighted by atomic mass is 10.3. The van der Waals surface area contributed by atoms with Crippen molar-refractivity contribution in [2.75, 3.05) is 13.2 Å². The summed E-state index contributed by atoms with van der Waals surface area (Å²) in [4.78, 5) is 2.65. The Bertz CT molecular complexity index is 549. The summed E-state index contributed by atoms with van der Waals surface area (Å²) in [7, 11) is 0. The van der Waals surface area contributed by atoms with Gasteiger partial charge in [-0.3, -0.25) is 0 Å². The van der Waals surface area contributed by atoms with Crippen molar-refractivity contribution >= 4 is 0 Å². The van der Waals surface area contributed by atoms with Gasteiger partial charge in [0.25, 0.3) is 0 Å². The van der Waals surface area contributed by atoms with Crippen LogP contribution >= 0.6 is 0 Å². The van der Waals surface area contributed by atoms with E-state index < -0.39 is 0 Å². The highest BCUT2D eigenvalue weighted by molar-refractivity contribution is 5.35. The summed E-state index contributed by atoms with van der Waals surface area (Å²) in [6, 6.07) is 16.8. The predicted molar refractivity (Wildman–Crippen MR) is 72.5 cm³/mol. The summed E-state index contributed by atoms with van der Waals surface area (Å²) in [6.07, 6.45) is 0. The van der Waals surface area contributed by atoms with Crippen LogP contribution in [0.1, 0.15) is 0 Å². The molecule has 0 aliphatic carbocycles. The first-order valence-corrected chi connectivity index (χ1v) is 5.85. The van der Waals surface area contributed by atoms with E-state index in [1.165, 1.54) is 0 Å². The molecule has 2 aromatic carbocycles. The zero-order valence-electron chi connectivity index (χ0n) is 10.3. The van der Waals surface area contributed by atoms with Crippen LogP contribution in [-0.4, -0.2) is 13.2 Å². The molecule has 0 atom stereocenters. The van der Waals surface area contributed by atoms with Gasteiger partial charge in [0.1, 0.15) is 17.2 Å². The van der Waals surface area contributed by atoms with Crippen LogP contribution in [0.25, 0.3) is 10.4 Å². The SMILES string of the molecule is [N-]=[N+]=NCCOc1ccc(Oc2ccccc2)cc1. The molecule has 19 heavy (non-hydrogen) atoms. The molecule has 0 aliphatic rings. The van der Waals surface area contributed by atoms with Crippen LogP contribution in [0.2, 0.25) is 0 Å². The van der Waals surface area contributed by atoms with E-state index in [9.17, 15) is 0 Å². The van der Waals surface area contributed by atoms with E-state index in [2.05, 4.69) is 10.0 Å². The van der Waals surface area contributed by atoms with E-state index in [-0.39, 0.29) is 0 Å². The molecule has 0 unspecified atom stereocenters.